The van der Waals surface area contributed by atoms with Crippen LogP contribution in [0, 0.1) is 6.92 Å². The standard InChI is InChI=1S/C28H24ClN3O3/c1-16(2)18-5-7-19(8-6-18)25-12-22(21-10-17(3)4-9-24(21)31-25)28(33)32-30-14-20-11-26-27(13-23(20)29)35-15-34-26/h4-14,16H,15H2,1-3H3,(H,32,33)/b30-14+. The van der Waals surface area contributed by atoms with Gasteiger partial charge in [-0.1, -0.05) is 61.3 Å². The van der Waals surface area contributed by atoms with E-state index >= 15 is 0 Å². The van der Waals surface area contributed by atoms with Gasteiger partial charge in [-0.2, -0.15) is 5.10 Å². The Morgan fingerprint density at radius 1 is 1.06 bits per heavy atom. The summed E-state index contributed by atoms with van der Waals surface area (Å²) >= 11 is 6.31. The molecule has 0 fully saturated rings. The van der Waals surface area contributed by atoms with Crippen LogP contribution in [0.1, 0.15) is 46.8 Å². The number of rotatable bonds is 5. The van der Waals surface area contributed by atoms with Gasteiger partial charge in [-0.15, -0.1) is 0 Å². The number of pyridine rings is 1. The highest BCUT2D eigenvalue weighted by atomic mass is 35.5. The van der Waals surface area contributed by atoms with Crippen LogP contribution in [0.5, 0.6) is 11.5 Å². The van der Waals surface area contributed by atoms with Crippen molar-refractivity contribution in [1.29, 1.82) is 0 Å². The first kappa shape index (κ1) is 22.9. The van der Waals surface area contributed by atoms with Gasteiger partial charge in [0.15, 0.2) is 11.5 Å². The van der Waals surface area contributed by atoms with E-state index in [0.717, 1.165) is 27.7 Å². The Balaban J connectivity index is 1.47. The maximum absolute atomic E-state index is 13.2. The minimum Gasteiger partial charge on any atom is -0.454 e. The molecule has 1 N–H and O–H groups in total. The van der Waals surface area contributed by atoms with Crippen LogP contribution in [-0.4, -0.2) is 23.9 Å². The molecule has 0 bridgehead atoms. The second-order valence-corrected chi connectivity index (χ2v) is 9.19. The van der Waals surface area contributed by atoms with Gasteiger partial charge in [0.25, 0.3) is 5.91 Å². The number of hydrazone groups is 1. The summed E-state index contributed by atoms with van der Waals surface area (Å²) in [5.74, 6) is 1.28. The molecule has 2 heterocycles. The first-order valence-corrected chi connectivity index (χ1v) is 11.7. The number of halogens is 1. The van der Waals surface area contributed by atoms with Crippen molar-refractivity contribution in [2.24, 2.45) is 5.10 Å². The third kappa shape index (κ3) is 4.70. The van der Waals surface area contributed by atoms with Crippen molar-refractivity contribution >= 4 is 34.6 Å². The maximum atomic E-state index is 13.2. The molecule has 35 heavy (non-hydrogen) atoms. The van der Waals surface area contributed by atoms with E-state index in [4.69, 9.17) is 26.1 Å². The molecule has 4 aromatic rings. The molecule has 3 aromatic carbocycles. The summed E-state index contributed by atoms with van der Waals surface area (Å²) in [5, 5.41) is 5.35. The Morgan fingerprint density at radius 3 is 2.54 bits per heavy atom. The highest BCUT2D eigenvalue weighted by Crippen LogP contribution is 2.36. The SMILES string of the molecule is Cc1ccc2nc(-c3ccc(C(C)C)cc3)cc(C(=O)N/N=C/c3cc4c(cc3Cl)OCO4)c2c1. The summed E-state index contributed by atoms with van der Waals surface area (Å²) < 4.78 is 10.7. The minimum absolute atomic E-state index is 0.153. The van der Waals surface area contributed by atoms with E-state index < -0.39 is 0 Å². The van der Waals surface area contributed by atoms with Gasteiger partial charge in [0.2, 0.25) is 6.79 Å². The predicted octanol–water partition coefficient (Wildman–Crippen LogP) is 6.48. The van der Waals surface area contributed by atoms with Crippen molar-refractivity contribution in [2.45, 2.75) is 26.7 Å². The van der Waals surface area contributed by atoms with Gasteiger partial charge in [-0.25, -0.2) is 10.4 Å². The van der Waals surface area contributed by atoms with Crippen LogP contribution in [0.2, 0.25) is 5.02 Å². The van der Waals surface area contributed by atoms with Crippen LogP contribution in [0.3, 0.4) is 0 Å². The van der Waals surface area contributed by atoms with E-state index in [9.17, 15) is 4.79 Å². The Morgan fingerprint density at radius 2 is 1.80 bits per heavy atom. The van der Waals surface area contributed by atoms with Gasteiger partial charge in [0.1, 0.15) is 0 Å². The smallest absolute Gasteiger partial charge is 0.272 e. The van der Waals surface area contributed by atoms with Crippen LogP contribution < -0.4 is 14.9 Å². The molecule has 0 aliphatic carbocycles. The zero-order valence-corrected chi connectivity index (χ0v) is 20.4. The molecule has 176 valence electrons. The number of nitrogens with one attached hydrogen (secondary N) is 1. The van der Waals surface area contributed by atoms with Gasteiger partial charge in [-0.3, -0.25) is 4.79 Å². The molecule has 0 atom stereocenters. The highest BCUT2D eigenvalue weighted by molar-refractivity contribution is 6.33. The lowest BCUT2D eigenvalue weighted by Gasteiger charge is -2.11. The number of amides is 1. The van der Waals surface area contributed by atoms with Crippen LogP contribution in [0.25, 0.3) is 22.2 Å². The molecule has 0 radical (unpaired) electrons. The van der Waals surface area contributed by atoms with Gasteiger partial charge < -0.3 is 9.47 Å². The Kier molecular flexibility index (Phi) is 6.14. The highest BCUT2D eigenvalue weighted by Gasteiger charge is 2.17. The number of carbonyl (C=O) groups excluding carboxylic acids is 1. The van der Waals surface area contributed by atoms with Crippen molar-refractivity contribution in [2.75, 3.05) is 6.79 Å². The second kappa shape index (κ2) is 9.39. The molecule has 1 amide bonds. The van der Waals surface area contributed by atoms with Crippen molar-refractivity contribution in [3.63, 3.8) is 0 Å². The van der Waals surface area contributed by atoms with Crippen LogP contribution in [0.4, 0.5) is 0 Å². The van der Waals surface area contributed by atoms with E-state index in [1.165, 1.54) is 11.8 Å². The molecular formula is C28H24ClN3O3. The minimum atomic E-state index is -0.337. The lowest BCUT2D eigenvalue weighted by molar-refractivity contribution is 0.0956. The molecular weight excluding hydrogens is 462 g/mol. The van der Waals surface area contributed by atoms with Gasteiger partial charge in [0.05, 0.1) is 28.0 Å². The summed E-state index contributed by atoms with van der Waals surface area (Å²) in [6.07, 6.45) is 1.49. The van der Waals surface area contributed by atoms with Crippen molar-refractivity contribution in [1.82, 2.24) is 10.4 Å². The monoisotopic (exact) mass is 485 g/mol. The first-order chi connectivity index (χ1) is 16.9. The number of hydrogen-bond donors (Lipinski definition) is 1. The number of hydrogen-bond acceptors (Lipinski definition) is 5. The van der Waals surface area contributed by atoms with E-state index in [1.807, 2.05) is 43.3 Å². The summed E-state index contributed by atoms with van der Waals surface area (Å²) in [6, 6.07) is 19.4. The van der Waals surface area contributed by atoms with Gasteiger partial charge in [0, 0.05) is 22.6 Å². The number of fused-ring (bicyclic) bond motifs is 2. The number of ether oxygens (including phenoxy) is 2. The Hall–Kier alpha value is -3.90. The lowest BCUT2D eigenvalue weighted by Crippen LogP contribution is -2.18. The molecule has 0 spiro atoms. The lowest BCUT2D eigenvalue weighted by atomic mass is 9.99. The van der Waals surface area contributed by atoms with Gasteiger partial charge >= 0.3 is 0 Å². The molecule has 1 aliphatic rings. The van der Waals surface area contributed by atoms with E-state index in [1.54, 1.807) is 12.1 Å². The molecule has 0 unspecified atom stereocenters. The zero-order chi connectivity index (χ0) is 24.5. The number of aromatic nitrogens is 1. The fourth-order valence-corrected chi connectivity index (χ4v) is 4.17. The van der Waals surface area contributed by atoms with Crippen molar-refractivity contribution < 1.29 is 14.3 Å². The van der Waals surface area contributed by atoms with Crippen LogP contribution in [0.15, 0.2) is 65.8 Å². The molecule has 1 aromatic heterocycles. The third-order valence-corrected chi connectivity index (χ3v) is 6.27. The molecule has 7 heteroatoms. The fourth-order valence-electron chi connectivity index (χ4n) is 3.97. The quantitative estimate of drug-likeness (QED) is 0.259. The molecule has 0 saturated carbocycles. The number of aryl methyl sites for hydroxylation is 1. The van der Waals surface area contributed by atoms with E-state index in [-0.39, 0.29) is 12.7 Å². The molecule has 0 saturated heterocycles. The summed E-state index contributed by atoms with van der Waals surface area (Å²) in [7, 11) is 0. The normalized spacial score (nSPS) is 12.6. The molecule has 1 aliphatic heterocycles. The summed E-state index contributed by atoms with van der Waals surface area (Å²) in [5.41, 5.74) is 8.44. The fraction of sp³-hybridized carbons (Fsp3) is 0.179. The van der Waals surface area contributed by atoms with E-state index in [0.29, 0.717) is 33.6 Å². The second-order valence-electron chi connectivity index (χ2n) is 8.78. The Bertz CT molecular complexity index is 1460. The summed E-state index contributed by atoms with van der Waals surface area (Å²) in [4.78, 5) is 18.0. The van der Waals surface area contributed by atoms with E-state index in [2.05, 4.69) is 36.5 Å². The topological polar surface area (TPSA) is 72.8 Å². The predicted molar refractivity (Wildman–Crippen MR) is 139 cm³/mol. The molecule has 5 rings (SSSR count). The number of nitrogens with zero attached hydrogens (tertiary/aromatic N) is 2. The summed E-state index contributed by atoms with van der Waals surface area (Å²) in [6.45, 7) is 6.45. The van der Waals surface area contributed by atoms with Crippen molar-refractivity contribution in [3.8, 4) is 22.8 Å². The first-order valence-electron chi connectivity index (χ1n) is 11.3. The largest absolute Gasteiger partial charge is 0.454 e. The van der Waals surface area contributed by atoms with Crippen LogP contribution >= 0.6 is 11.6 Å². The van der Waals surface area contributed by atoms with Crippen molar-refractivity contribution in [3.05, 3.63) is 87.9 Å². The average Bonchev–Trinajstić information content (AvgIpc) is 3.30. The zero-order valence-electron chi connectivity index (χ0n) is 19.6. The maximum Gasteiger partial charge on any atom is 0.272 e. The molecule has 6 nitrogen and oxygen atoms in total. The number of carbonyl (C=O) groups is 1. The average molecular weight is 486 g/mol. The Labute approximate surface area is 208 Å². The van der Waals surface area contributed by atoms with Gasteiger partial charge in [-0.05, 0) is 42.7 Å². The van der Waals surface area contributed by atoms with Crippen LogP contribution in [-0.2, 0) is 0 Å². The third-order valence-electron chi connectivity index (χ3n) is 5.94. The number of benzene rings is 3.